The molecular formula is C35H45N6O10P. The van der Waals surface area contributed by atoms with Crippen molar-refractivity contribution in [1.82, 2.24) is 19.7 Å². The van der Waals surface area contributed by atoms with Crippen LogP contribution < -0.4 is 15.3 Å². The average molecular weight is 741 g/mol. The van der Waals surface area contributed by atoms with Crippen LogP contribution in [0.1, 0.15) is 78.5 Å². The number of nitrogen functional groups attached to an aromatic ring is 1. The van der Waals surface area contributed by atoms with Crippen LogP contribution in [-0.2, 0) is 42.4 Å². The summed E-state index contributed by atoms with van der Waals surface area (Å²) in [5.41, 5.74) is 4.51. The van der Waals surface area contributed by atoms with Crippen molar-refractivity contribution in [2.24, 2.45) is 11.8 Å². The Morgan fingerprint density at radius 2 is 1.67 bits per heavy atom. The molecule has 3 N–H and O–H groups in total. The summed E-state index contributed by atoms with van der Waals surface area (Å²) < 4.78 is 51.7. The minimum atomic E-state index is -4.55. The number of aromatic nitrogens is 3. The maximum Gasteiger partial charge on any atom is 0.459 e. The zero-order valence-electron chi connectivity index (χ0n) is 29.8. The number of para-hydroxylation sites is 1. The summed E-state index contributed by atoms with van der Waals surface area (Å²) in [5.74, 6) is -3.06. The van der Waals surface area contributed by atoms with E-state index in [4.69, 9.17) is 33.7 Å². The lowest BCUT2D eigenvalue weighted by molar-refractivity contribution is -0.173. The van der Waals surface area contributed by atoms with E-state index in [0.717, 1.165) is 32.1 Å². The fourth-order valence-electron chi connectivity index (χ4n) is 5.89. The van der Waals surface area contributed by atoms with Crippen molar-refractivity contribution in [2.45, 2.75) is 103 Å². The molecule has 1 unspecified atom stereocenters. The number of nitrogens with one attached hydrogen (secondary N) is 1. The number of nitrogens with two attached hydrogens (primary N) is 1. The molecule has 1 aliphatic carbocycles. The molecule has 1 saturated carbocycles. The van der Waals surface area contributed by atoms with Crippen molar-refractivity contribution in [3.05, 3.63) is 54.5 Å². The molecule has 0 spiro atoms. The van der Waals surface area contributed by atoms with Crippen LogP contribution in [-0.4, -0.2) is 69.1 Å². The lowest BCUT2D eigenvalue weighted by Crippen LogP contribution is -2.50. The Morgan fingerprint density at radius 3 is 2.33 bits per heavy atom. The van der Waals surface area contributed by atoms with Gasteiger partial charge in [-0.3, -0.25) is 18.9 Å². The molecule has 0 bridgehead atoms. The van der Waals surface area contributed by atoms with E-state index in [0.29, 0.717) is 5.52 Å². The maximum atomic E-state index is 14.6. The van der Waals surface area contributed by atoms with Crippen molar-refractivity contribution in [2.75, 3.05) is 12.3 Å². The summed E-state index contributed by atoms with van der Waals surface area (Å²) in [6.07, 6.45) is 1.04. The molecule has 2 aromatic heterocycles. The van der Waals surface area contributed by atoms with Gasteiger partial charge in [-0.25, -0.2) is 14.1 Å². The number of ether oxygens (including phenoxy) is 4. The largest absolute Gasteiger partial charge is 0.461 e. The van der Waals surface area contributed by atoms with Gasteiger partial charge in [0.05, 0.1) is 17.5 Å². The highest BCUT2D eigenvalue weighted by Gasteiger charge is 2.62. The highest BCUT2D eigenvalue weighted by molar-refractivity contribution is 7.52. The lowest BCUT2D eigenvalue weighted by atomic mass is 9.95. The fourth-order valence-corrected chi connectivity index (χ4v) is 7.41. The first kappa shape index (κ1) is 38.7. The normalized spacial score (nSPS) is 23.8. The Bertz CT molecular complexity index is 1830. The molecule has 2 fully saturated rings. The van der Waals surface area contributed by atoms with Crippen LogP contribution in [0.5, 0.6) is 5.75 Å². The molecule has 2 aliphatic rings. The quantitative estimate of drug-likeness (QED) is 0.128. The Morgan fingerprint density at radius 1 is 1.00 bits per heavy atom. The monoisotopic (exact) mass is 740 g/mol. The topological polar surface area (TPSA) is 216 Å². The first-order valence-electron chi connectivity index (χ1n) is 17.3. The van der Waals surface area contributed by atoms with E-state index in [9.17, 15) is 24.2 Å². The van der Waals surface area contributed by atoms with Crippen molar-refractivity contribution >= 4 is 37.0 Å². The molecule has 1 aliphatic heterocycles. The Kier molecular flexibility index (Phi) is 12.2. The average Bonchev–Trinajstić information content (AvgIpc) is 3.68. The molecule has 16 nitrogen and oxygen atoms in total. The summed E-state index contributed by atoms with van der Waals surface area (Å²) >= 11 is 0. The van der Waals surface area contributed by atoms with Gasteiger partial charge in [0, 0.05) is 0 Å². The van der Waals surface area contributed by atoms with E-state index in [1.54, 1.807) is 58.0 Å². The Hall–Kier alpha value is -4.55. The molecule has 0 radical (unpaired) electrons. The maximum absolute atomic E-state index is 14.6. The molecule has 3 aromatic rings. The van der Waals surface area contributed by atoms with Crippen LogP contribution in [0.15, 0.2) is 48.8 Å². The van der Waals surface area contributed by atoms with E-state index in [1.807, 2.05) is 6.07 Å². The summed E-state index contributed by atoms with van der Waals surface area (Å²) in [4.78, 5) is 43.5. The number of anilines is 1. The minimum absolute atomic E-state index is 0.130. The third kappa shape index (κ3) is 8.73. The summed E-state index contributed by atoms with van der Waals surface area (Å²) in [6.45, 7) is 7.04. The van der Waals surface area contributed by atoms with E-state index in [2.05, 4.69) is 15.2 Å². The SMILES string of the molecule is CC(C)C(=O)O[C@H]1[C@H](c2ccc3c(N)ncnn23)O[C@](C#N)(CO[P@@](=O)(NC(C)C(=O)OC2CCCCC2)Oc2ccccc2)[C@H]1OC(=O)C(C)C. The highest BCUT2D eigenvalue weighted by atomic mass is 31.2. The van der Waals surface area contributed by atoms with Gasteiger partial charge in [0.1, 0.15) is 48.5 Å². The summed E-state index contributed by atoms with van der Waals surface area (Å²) in [6, 6.07) is 12.2. The lowest BCUT2D eigenvalue weighted by Gasteiger charge is -2.31. The summed E-state index contributed by atoms with van der Waals surface area (Å²) in [5, 5.41) is 17.8. The van der Waals surface area contributed by atoms with E-state index in [1.165, 1.54) is 29.9 Å². The summed E-state index contributed by atoms with van der Waals surface area (Å²) in [7, 11) is -4.55. The number of hydrogen-bond donors (Lipinski definition) is 2. The second-order valence-corrected chi connectivity index (χ2v) is 15.2. The van der Waals surface area contributed by atoms with Gasteiger partial charge >= 0.3 is 25.7 Å². The molecule has 0 amide bonds. The highest BCUT2D eigenvalue weighted by Crippen LogP contribution is 2.50. The second kappa shape index (κ2) is 16.4. The van der Waals surface area contributed by atoms with Crippen LogP contribution >= 0.6 is 7.75 Å². The van der Waals surface area contributed by atoms with Gasteiger partial charge < -0.3 is 29.2 Å². The Labute approximate surface area is 301 Å². The van der Waals surface area contributed by atoms with Crippen molar-refractivity contribution in [1.29, 1.82) is 5.26 Å². The van der Waals surface area contributed by atoms with Gasteiger partial charge in [-0.15, -0.1) is 0 Å². The van der Waals surface area contributed by atoms with Crippen LogP contribution in [0.25, 0.3) is 5.52 Å². The molecule has 17 heteroatoms. The second-order valence-electron chi connectivity index (χ2n) is 13.5. The van der Waals surface area contributed by atoms with Crippen LogP contribution in [0, 0.1) is 23.2 Å². The molecule has 3 heterocycles. The van der Waals surface area contributed by atoms with Gasteiger partial charge in [0.2, 0.25) is 5.60 Å². The first-order valence-corrected chi connectivity index (χ1v) is 18.9. The predicted octanol–water partition coefficient (Wildman–Crippen LogP) is 4.84. The number of hydrogen-bond acceptors (Lipinski definition) is 14. The minimum Gasteiger partial charge on any atom is -0.461 e. The molecule has 1 aromatic carbocycles. The predicted molar refractivity (Wildman–Crippen MR) is 185 cm³/mol. The molecule has 6 atom stereocenters. The zero-order valence-corrected chi connectivity index (χ0v) is 30.7. The van der Waals surface area contributed by atoms with Crippen molar-refractivity contribution in [3.8, 4) is 11.8 Å². The number of fused-ring (bicyclic) bond motifs is 1. The third-order valence-corrected chi connectivity index (χ3v) is 10.4. The van der Waals surface area contributed by atoms with E-state index >= 15 is 0 Å². The zero-order chi connectivity index (χ0) is 37.6. The molecule has 52 heavy (non-hydrogen) atoms. The Balaban J connectivity index is 1.52. The van der Waals surface area contributed by atoms with Crippen molar-refractivity contribution < 1.29 is 46.9 Å². The van der Waals surface area contributed by atoms with Gasteiger partial charge in [-0.05, 0) is 56.9 Å². The van der Waals surface area contributed by atoms with Gasteiger partial charge in [0.15, 0.2) is 18.0 Å². The number of rotatable bonds is 14. The number of benzene rings is 1. The number of carbonyl (C=O) groups excluding carboxylic acids is 3. The molecule has 280 valence electrons. The standard InChI is InChI=1S/C35H45N6O10P/c1-21(2)32(42)48-29-28(26-16-17-27-31(37)38-20-39-41(26)27)50-35(18-36,30(29)49-33(43)22(3)4)19-46-52(45,51-25-14-10-7-11-15-25)40-23(5)34(44)47-24-12-8-6-9-13-24/h7,10-11,14-17,20-24,28-30H,6,8-9,12-13,19H2,1-5H3,(H,40,45)(H2,37,38,39)/t23?,28-,29-,30-,35+,52-/m0/s1. The van der Waals surface area contributed by atoms with E-state index < -0.39 is 74.1 Å². The van der Waals surface area contributed by atoms with Crippen molar-refractivity contribution in [3.63, 3.8) is 0 Å². The third-order valence-electron chi connectivity index (χ3n) is 8.78. The van der Waals surface area contributed by atoms with Crippen LogP contribution in [0.2, 0.25) is 0 Å². The number of esters is 3. The fraction of sp³-hybridized carbons (Fsp3) is 0.543. The van der Waals surface area contributed by atoms with Crippen LogP contribution in [0.4, 0.5) is 5.82 Å². The van der Waals surface area contributed by atoms with Gasteiger partial charge in [-0.1, -0.05) is 52.3 Å². The molecule has 5 rings (SSSR count). The van der Waals surface area contributed by atoms with Gasteiger partial charge in [0.25, 0.3) is 0 Å². The van der Waals surface area contributed by atoms with E-state index in [-0.39, 0.29) is 23.4 Å². The number of carbonyl (C=O) groups is 3. The molecular weight excluding hydrogens is 695 g/mol. The first-order chi connectivity index (χ1) is 24.8. The van der Waals surface area contributed by atoms with Gasteiger partial charge in [-0.2, -0.15) is 15.4 Å². The van der Waals surface area contributed by atoms with Crippen LogP contribution in [0.3, 0.4) is 0 Å². The molecule has 1 saturated heterocycles. The number of nitrogens with zero attached hydrogens (tertiary/aromatic N) is 4. The smallest absolute Gasteiger partial charge is 0.459 e. The number of nitriles is 1.